The van der Waals surface area contributed by atoms with Gasteiger partial charge in [-0.25, -0.2) is 4.98 Å². The third kappa shape index (κ3) is 3.91. The lowest BCUT2D eigenvalue weighted by molar-refractivity contribution is -0.116. The lowest BCUT2D eigenvalue weighted by Crippen LogP contribution is -2.12. The molecule has 7 nitrogen and oxygen atoms in total. The van der Waals surface area contributed by atoms with Gasteiger partial charge in [0.15, 0.2) is 5.13 Å². The predicted molar refractivity (Wildman–Crippen MR) is 97.3 cm³/mol. The molecule has 1 N–H and O–H groups in total. The van der Waals surface area contributed by atoms with E-state index in [-0.39, 0.29) is 12.3 Å². The van der Waals surface area contributed by atoms with Crippen LogP contribution >= 0.6 is 11.3 Å². The molecule has 0 bridgehead atoms. The topological polar surface area (TPSA) is 90.1 Å². The SMILES string of the molecule is COc1ccc(-c2noc(CCC(=O)Nc3nc(C4CC4)cs3)n2)cc1. The number of amides is 1. The molecule has 134 valence electrons. The molecule has 0 atom stereocenters. The number of hydrogen-bond donors (Lipinski definition) is 1. The van der Waals surface area contributed by atoms with Crippen LogP contribution in [0.4, 0.5) is 5.13 Å². The Morgan fingerprint density at radius 2 is 2.12 bits per heavy atom. The summed E-state index contributed by atoms with van der Waals surface area (Å²) in [6.45, 7) is 0. The van der Waals surface area contributed by atoms with Crippen LogP contribution in [-0.2, 0) is 11.2 Å². The summed E-state index contributed by atoms with van der Waals surface area (Å²) >= 11 is 1.47. The smallest absolute Gasteiger partial charge is 0.227 e. The number of carbonyl (C=O) groups excluding carboxylic acids is 1. The largest absolute Gasteiger partial charge is 0.497 e. The number of anilines is 1. The molecule has 1 amide bonds. The van der Waals surface area contributed by atoms with Gasteiger partial charge in [0.1, 0.15) is 5.75 Å². The third-order valence-corrected chi connectivity index (χ3v) is 4.92. The number of hydrogen-bond acceptors (Lipinski definition) is 7. The Morgan fingerprint density at radius 3 is 2.85 bits per heavy atom. The lowest BCUT2D eigenvalue weighted by atomic mass is 10.2. The highest BCUT2D eigenvalue weighted by molar-refractivity contribution is 7.13. The van der Waals surface area contributed by atoms with Crippen LogP contribution in [0.2, 0.25) is 0 Å². The number of benzene rings is 1. The highest BCUT2D eigenvalue weighted by Gasteiger charge is 2.26. The zero-order valence-corrected chi connectivity index (χ0v) is 15.1. The van der Waals surface area contributed by atoms with Gasteiger partial charge >= 0.3 is 0 Å². The number of aromatic nitrogens is 3. The van der Waals surface area contributed by atoms with Crippen LogP contribution in [0.25, 0.3) is 11.4 Å². The van der Waals surface area contributed by atoms with Crippen molar-refractivity contribution in [2.24, 2.45) is 0 Å². The molecular weight excluding hydrogens is 352 g/mol. The second kappa shape index (κ2) is 7.25. The van der Waals surface area contributed by atoms with Crippen LogP contribution < -0.4 is 10.1 Å². The van der Waals surface area contributed by atoms with Crippen molar-refractivity contribution in [2.75, 3.05) is 12.4 Å². The maximum Gasteiger partial charge on any atom is 0.227 e. The first-order chi connectivity index (χ1) is 12.7. The third-order valence-electron chi connectivity index (χ3n) is 4.15. The van der Waals surface area contributed by atoms with E-state index in [0.29, 0.717) is 29.2 Å². The van der Waals surface area contributed by atoms with Crippen molar-refractivity contribution in [2.45, 2.75) is 31.6 Å². The second-order valence-corrected chi connectivity index (χ2v) is 7.00. The van der Waals surface area contributed by atoms with Crippen molar-refractivity contribution in [1.29, 1.82) is 0 Å². The summed E-state index contributed by atoms with van der Waals surface area (Å²) in [5.41, 5.74) is 1.92. The van der Waals surface area contributed by atoms with Gasteiger partial charge in [0, 0.05) is 29.7 Å². The summed E-state index contributed by atoms with van der Waals surface area (Å²) < 4.78 is 10.4. The number of nitrogens with zero attached hydrogens (tertiary/aromatic N) is 3. The van der Waals surface area contributed by atoms with Crippen molar-refractivity contribution in [3.63, 3.8) is 0 Å². The summed E-state index contributed by atoms with van der Waals surface area (Å²) in [7, 11) is 1.62. The molecule has 0 saturated heterocycles. The molecule has 0 unspecified atom stereocenters. The van der Waals surface area contributed by atoms with E-state index in [1.807, 2.05) is 29.6 Å². The van der Waals surface area contributed by atoms with E-state index in [2.05, 4.69) is 20.4 Å². The number of thiazole rings is 1. The fourth-order valence-corrected chi connectivity index (χ4v) is 3.33. The van der Waals surface area contributed by atoms with Gasteiger partial charge in [-0.15, -0.1) is 11.3 Å². The summed E-state index contributed by atoms with van der Waals surface area (Å²) in [4.78, 5) is 20.9. The number of methoxy groups -OCH3 is 1. The summed E-state index contributed by atoms with van der Waals surface area (Å²) in [5, 5.41) is 9.47. The monoisotopic (exact) mass is 370 g/mol. The molecule has 1 fully saturated rings. The number of nitrogens with one attached hydrogen (secondary N) is 1. The lowest BCUT2D eigenvalue weighted by Gasteiger charge is -1.99. The minimum atomic E-state index is -0.106. The fourth-order valence-electron chi connectivity index (χ4n) is 2.53. The molecule has 4 rings (SSSR count). The predicted octanol–water partition coefficient (Wildman–Crippen LogP) is 3.65. The Kier molecular flexibility index (Phi) is 4.66. The maximum absolute atomic E-state index is 12.1. The molecule has 1 aliphatic carbocycles. The molecule has 0 aliphatic heterocycles. The summed E-state index contributed by atoms with van der Waals surface area (Å²) in [5.74, 6) is 2.18. The van der Waals surface area contributed by atoms with Crippen molar-refractivity contribution in [3.05, 3.63) is 41.2 Å². The molecule has 1 aromatic carbocycles. The van der Waals surface area contributed by atoms with E-state index in [1.54, 1.807) is 7.11 Å². The minimum absolute atomic E-state index is 0.106. The van der Waals surface area contributed by atoms with E-state index < -0.39 is 0 Å². The molecule has 2 heterocycles. The van der Waals surface area contributed by atoms with Crippen LogP contribution in [0.3, 0.4) is 0 Å². The molecule has 0 spiro atoms. The van der Waals surface area contributed by atoms with E-state index >= 15 is 0 Å². The standard InChI is InChI=1S/C18H18N4O3S/c1-24-13-6-4-12(5-7-13)17-21-16(25-22-17)9-8-15(23)20-18-19-14(10-26-18)11-2-3-11/h4-7,10-11H,2-3,8-9H2,1H3,(H,19,20,23). The van der Waals surface area contributed by atoms with Crippen LogP contribution in [0.5, 0.6) is 5.75 Å². The molecule has 2 aromatic heterocycles. The van der Waals surface area contributed by atoms with Crippen LogP contribution in [0.15, 0.2) is 34.2 Å². The molecule has 1 saturated carbocycles. The first kappa shape index (κ1) is 16.7. The van der Waals surface area contributed by atoms with Crippen molar-refractivity contribution in [1.82, 2.24) is 15.1 Å². The van der Waals surface area contributed by atoms with Gasteiger partial charge in [-0.2, -0.15) is 4.98 Å². The zero-order valence-electron chi connectivity index (χ0n) is 14.3. The first-order valence-electron chi connectivity index (χ1n) is 8.43. The number of ether oxygens (including phenoxy) is 1. The van der Waals surface area contributed by atoms with Gasteiger partial charge in [-0.05, 0) is 37.1 Å². The highest BCUT2D eigenvalue weighted by Crippen LogP contribution is 2.40. The molecule has 0 radical (unpaired) electrons. The van der Waals surface area contributed by atoms with Crippen LogP contribution in [-0.4, -0.2) is 28.1 Å². The molecule has 1 aliphatic rings. The molecular formula is C18H18N4O3S. The Balaban J connectivity index is 1.31. The average Bonchev–Trinajstić information content (AvgIpc) is 3.23. The first-order valence-corrected chi connectivity index (χ1v) is 9.31. The van der Waals surface area contributed by atoms with Crippen molar-refractivity contribution in [3.8, 4) is 17.1 Å². The van der Waals surface area contributed by atoms with E-state index in [9.17, 15) is 4.79 Å². The summed E-state index contributed by atoms with van der Waals surface area (Å²) in [6, 6.07) is 7.39. The Morgan fingerprint density at radius 1 is 1.31 bits per heavy atom. The van der Waals surface area contributed by atoms with Gasteiger partial charge in [0.25, 0.3) is 0 Å². The van der Waals surface area contributed by atoms with Gasteiger partial charge in [-0.1, -0.05) is 5.16 Å². The summed E-state index contributed by atoms with van der Waals surface area (Å²) in [6.07, 6.45) is 3.05. The number of rotatable bonds is 7. The van der Waals surface area contributed by atoms with Crippen molar-refractivity contribution >= 4 is 22.4 Å². The van der Waals surface area contributed by atoms with Crippen LogP contribution in [0, 0.1) is 0 Å². The number of aryl methyl sites for hydroxylation is 1. The van der Waals surface area contributed by atoms with Gasteiger partial charge in [0.2, 0.25) is 17.6 Å². The molecule has 8 heteroatoms. The Labute approximate surface area is 154 Å². The maximum atomic E-state index is 12.1. The quantitative estimate of drug-likeness (QED) is 0.683. The zero-order chi connectivity index (χ0) is 17.9. The molecule has 26 heavy (non-hydrogen) atoms. The van der Waals surface area contributed by atoms with E-state index in [0.717, 1.165) is 17.0 Å². The van der Waals surface area contributed by atoms with E-state index in [4.69, 9.17) is 9.26 Å². The van der Waals surface area contributed by atoms with Crippen molar-refractivity contribution < 1.29 is 14.1 Å². The Bertz CT molecular complexity index is 899. The van der Waals surface area contributed by atoms with Gasteiger partial charge < -0.3 is 14.6 Å². The highest BCUT2D eigenvalue weighted by atomic mass is 32.1. The minimum Gasteiger partial charge on any atom is -0.497 e. The number of carbonyl (C=O) groups is 1. The van der Waals surface area contributed by atoms with Crippen LogP contribution in [0.1, 0.15) is 36.8 Å². The average molecular weight is 370 g/mol. The normalized spacial score (nSPS) is 13.6. The fraction of sp³-hybridized carbons (Fsp3) is 0.333. The molecule has 3 aromatic rings. The van der Waals surface area contributed by atoms with Gasteiger partial charge in [-0.3, -0.25) is 4.79 Å². The second-order valence-electron chi connectivity index (χ2n) is 6.14. The van der Waals surface area contributed by atoms with Gasteiger partial charge in [0.05, 0.1) is 12.8 Å². The Hall–Kier alpha value is -2.74. The van der Waals surface area contributed by atoms with E-state index in [1.165, 1.54) is 24.2 Å².